The molecule has 0 bridgehead atoms. The number of fused-ring (bicyclic) bond motifs is 1. The fourth-order valence-corrected chi connectivity index (χ4v) is 3.35. The van der Waals surface area contributed by atoms with Gasteiger partial charge < -0.3 is 24.4 Å². The van der Waals surface area contributed by atoms with E-state index in [2.05, 4.69) is 5.32 Å². The van der Waals surface area contributed by atoms with Gasteiger partial charge in [0, 0.05) is 25.7 Å². The summed E-state index contributed by atoms with van der Waals surface area (Å²) in [5.74, 6) is 1.50. The highest BCUT2D eigenvalue weighted by Crippen LogP contribution is 2.32. The lowest BCUT2D eigenvalue weighted by Gasteiger charge is -2.32. The average molecular weight is 377 g/mol. The molecule has 1 aromatic rings. The van der Waals surface area contributed by atoms with Gasteiger partial charge in [-0.25, -0.2) is 4.79 Å². The summed E-state index contributed by atoms with van der Waals surface area (Å²) >= 11 is 0. The Kier molecular flexibility index (Phi) is 6.39. The van der Waals surface area contributed by atoms with Crippen LogP contribution >= 0.6 is 0 Å². The van der Waals surface area contributed by atoms with Crippen LogP contribution < -0.4 is 14.8 Å². The highest BCUT2D eigenvalue weighted by molar-refractivity contribution is 5.78. The van der Waals surface area contributed by atoms with E-state index >= 15 is 0 Å². The predicted molar refractivity (Wildman–Crippen MR) is 98.7 cm³/mol. The number of likely N-dealkylation sites (tertiary alicyclic amines) is 1. The van der Waals surface area contributed by atoms with E-state index in [-0.39, 0.29) is 24.8 Å². The first kappa shape index (κ1) is 19.3. The minimum atomic E-state index is -0.272. The molecule has 0 aromatic heterocycles. The van der Waals surface area contributed by atoms with Crippen molar-refractivity contribution in [1.29, 1.82) is 0 Å². The second kappa shape index (κ2) is 8.94. The van der Waals surface area contributed by atoms with Gasteiger partial charge in [0.2, 0.25) is 12.7 Å². The summed E-state index contributed by atoms with van der Waals surface area (Å²) in [6, 6.07) is 5.92. The number of benzene rings is 1. The number of ether oxygens (including phenoxy) is 3. The van der Waals surface area contributed by atoms with Crippen LogP contribution in [0.5, 0.6) is 11.5 Å². The van der Waals surface area contributed by atoms with Crippen molar-refractivity contribution in [2.75, 3.05) is 40.1 Å². The van der Waals surface area contributed by atoms with Crippen molar-refractivity contribution >= 4 is 12.0 Å². The molecule has 1 fully saturated rings. The first-order valence-electron chi connectivity index (χ1n) is 9.33. The van der Waals surface area contributed by atoms with Crippen LogP contribution in [0.2, 0.25) is 0 Å². The number of carbonyl (C=O) groups excluding carboxylic acids is 2. The Morgan fingerprint density at radius 3 is 2.74 bits per heavy atom. The maximum absolute atomic E-state index is 12.3. The summed E-state index contributed by atoms with van der Waals surface area (Å²) in [5, 5.41) is 3.06. The lowest BCUT2D eigenvalue weighted by molar-refractivity contribution is -0.123. The quantitative estimate of drug-likeness (QED) is 0.811. The first-order chi connectivity index (χ1) is 13.0. The maximum atomic E-state index is 12.3. The van der Waals surface area contributed by atoms with Gasteiger partial charge in [-0.05, 0) is 44.5 Å². The molecule has 1 saturated heterocycles. The topological polar surface area (TPSA) is 80.3 Å². The number of likely N-dealkylation sites (N-methyl/N-ethyl adjacent to an activating group) is 1. The van der Waals surface area contributed by atoms with E-state index in [9.17, 15) is 9.59 Å². The zero-order valence-electron chi connectivity index (χ0n) is 15.9. The lowest BCUT2D eigenvalue weighted by Crippen LogP contribution is -2.48. The number of hydrogen-bond acceptors (Lipinski definition) is 6. The second-order valence-electron chi connectivity index (χ2n) is 6.89. The lowest BCUT2D eigenvalue weighted by atomic mass is 10.1. The molecule has 8 heteroatoms. The number of amides is 2. The number of hydrogen-bond donors (Lipinski definition) is 1. The van der Waals surface area contributed by atoms with Crippen molar-refractivity contribution in [3.63, 3.8) is 0 Å². The van der Waals surface area contributed by atoms with E-state index in [1.54, 1.807) is 11.8 Å². The van der Waals surface area contributed by atoms with Gasteiger partial charge in [0.05, 0.1) is 13.2 Å². The molecule has 8 nitrogen and oxygen atoms in total. The van der Waals surface area contributed by atoms with Gasteiger partial charge in [0.25, 0.3) is 0 Å². The van der Waals surface area contributed by atoms with Crippen molar-refractivity contribution in [2.24, 2.45) is 0 Å². The van der Waals surface area contributed by atoms with E-state index in [1.165, 1.54) is 0 Å². The molecular weight excluding hydrogens is 350 g/mol. The normalized spacial score (nSPS) is 16.5. The largest absolute Gasteiger partial charge is 0.454 e. The minimum Gasteiger partial charge on any atom is -0.454 e. The fraction of sp³-hybridized carbons (Fsp3) is 0.579. The molecule has 0 radical (unpaired) electrons. The highest BCUT2D eigenvalue weighted by Gasteiger charge is 2.24. The molecule has 0 aliphatic carbocycles. The van der Waals surface area contributed by atoms with E-state index < -0.39 is 0 Å². The van der Waals surface area contributed by atoms with Gasteiger partial charge >= 0.3 is 6.09 Å². The number of carbonyl (C=O) groups is 2. The van der Waals surface area contributed by atoms with Crippen LogP contribution in [-0.4, -0.2) is 67.9 Å². The van der Waals surface area contributed by atoms with Crippen LogP contribution in [0, 0.1) is 0 Å². The third-order valence-corrected chi connectivity index (χ3v) is 4.69. The van der Waals surface area contributed by atoms with Gasteiger partial charge in [0.15, 0.2) is 11.5 Å². The van der Waals surface area contributed by atoms with Crippen molar-refractivity contribution < 1.29 is 23.8 Å². The average Bonchev–Trinajstić information content (AvgIpc) is 3.10. The Labute approximate surface area is 159 Å². The second-order valence-corrected chi connectivity index (χ2v) is 6.89. The summed E-state index contributed by atoms with van der Waals surface area (Å²) < 4.78 is 15.7. The Balaban J connectivity index is 1.40. The molecule has 0 atom stereocenters. The smallest absolute Gasteiger partial charge is 0.409 e. The van der Waals surface area contributed by atoms with Crippen LogP contribution in [0.3, 0.4) is 0 Å². The van der Waals surface area contributed by atoms with Crippen molar-refractivity contribution in [2.45, 2.75) is 32.4 Å². The van der Waals surface area contributed by atoms with Gasteiger partial charge in [0.1, 0.15) is 0 Å². The molecule has 2 aliphatic rings. The van der Waals surface area contributed by atoms with Crippen LogP contribution in [0.4, 0.5) is 4.79 Å². The molecule has 2 aliphatic heterocycles. The summed E-state index contributed by atoms with van der Waals surface area (Å²) in [5.41, 5.74) is 1.07. The minimum absolute atomic E-state index is 0.00664. The number of piperidine rings is 1. The molecule has 0 spiro atoms. The summed E-state index contributed by atoms with van der Waals surface area (Å²) in [7, 11) is 1.91. The van der Waals surface area contributed by atoms with Gasteiger partial charge in [-0.3, -0.25) is 9.69 Å². The molecule has 0 unspecified atom stereocenters. The Morgan fingerprint density at radius 1 is 1.26 bits per heavy atom. The number of nitrogens with zero attached hydrogens (tertiary/aromatic N) is 2. The zero-order valence-corrected chi connectivity index (χ0v) is 15.9. The van der Waals surface area contributed by atoms with E-state index in [0.29, 0.717) is 32.8 Å². The monoisotopic (exact) mass is 377 g/mol. The number of rotatable bonds is 6. The Hall–Kier alpha value is -2.48. The van der Waals surface area contributed by atoms with Gasteiger partial charge in [-0.2, -0.15) is 0 Å². The molecule has 2 amide bonds. The standard InChI is InChI=1S/C19H27N3O5/c1-3-25-19(24)22-8-6-15(7-9-22)20-18(23)12-21(2)11-14-4-5-16-17(10-14)27-13-26-16/h4-5,10,15H,3,6-9,11-13H2,1-2H3,(H,20,23). The number of nitrogens with one attached hydrogen (secondary N) is 1. The molecular formula is C19H27N3O5. The Morgan fingerprint density at radius 2 is 2.00 bits per heavy atom. The van der Waals surface area contributed by atoms with E-state index in [0.717, 1.165) is 29.9 Å². The van der Waals surface area contributed by atoms with Crippen molar-refractivity contribution in [3.8, 4) is 11.5 Å². The van der Waals surface area contributed by atoms with Gasteiger partial charge in [-0.1, -0.05) is 6.07 Å². The third kappa shape index (κ3) is 5.26. The zero-order chi connectivity index (χ0) is 19.2. The summed E-state index contributed by atoms with van der Waals surface area (Å²) in [4.78, 5) is 27.7. The van der Waals surface area contributed by atoms with Crippen LogP contribution in [-0.2, 0) is 16.1 Å². The maximum Gasteiger partial charge on any atom is 0.409 e. The van der Waals surface area contributed by atoms with E-state index in [4.69, 9.17) is 14.2 Å². The molecule has 1 aromatic carbocycles. The summed E-state index contributed by atoms with van der Waals surface area (Å²) in [6.45, 7) is 4.60. The Bertz CT molecular complexity index is 673. The van der Waals surface area contributed by atoms with Crippen molar-refractivity contribution in [3.05, 3.63) is 23.8 Å². The van der Waals surface area contributed by atoms with E-state index in [1.807, 2.05) is 30.1 Å². The summed E-state index contributed by atoms with van der Waals surface area (Å²) in [6.07, 6.45) is 1.22. The first-order valence-corrected chi connectivity index (χ1v) is 9.33. The molecule has 3 rings (SSSR count). The van der Waals surface area contributed by atoms with Crippen LogP contribution in [0.25, 0.3) is 0 Å². The van der Waals surface area contributed by atoms with Crippen LogP contribution in [0.1, 0.15) is 25.3 Å². The molecule has 27 heavy (non-hydrogen) atoms. The molecule has 148 valence electrons. The SMILES string of the molecule is CCOC(=O)N1CCC(NC(=O)CN(C)Cc2ccc3c(c2)OCO3)CC1. The molecule has 0 saturated carbocycles. The van der Waals surface area contributed by atoms with Crippen molar-refractivity contribution in [1.82, 2.24) is 15.1 Å². The van der Waals surface area contributed by atoms with Gasteiger partial charge in [-0.15, -0.1) is 0 Å². The molecule has 1 N–H and O–H groups in total. The molecule has 2 heterocycles. The predicted octanol–water partition coefficient (Wildman–Crippen LogP) is 1.58. The highest BCUT2D eigenvalue weighted by atomic mass is 16.7. The fourth-order valence-electron chi connectivity index (χ4n) is 3.35. The third-order valence-electron chi connectivity index (χ3n) is 4.69. The van der Waals surface area contributed by atoms with Crippen LogP contribution in [0.15, 0.2) is 18.2 Å².